The van der Waals surface area contributed by atoms with E-state index in [9.17, 15) is 4.79 Å². The summed E-state index contributed by atoms with van der Waals surface area (Å²) < 4.78 is 0. The van der Waals surface area contributed by atoms with E-state index in [1.165, 1.54) is 0 Å². The number of nitrogens with one attached hydrogen (secondary N) is 1. The van der Waals surface area contributed by atoms with E-state index in [2.05, 4.69) is 5.32 Å². The molecule has 1 amide bonds. The zero-order valence-electron chi connectivity index (χ0n) is 7.62. The highest BCUT2D eigenvalue weighted by atomic mass is 32.2. The van der Waals surface area contributed by atoms with Gasteiger partial charge in [-0.25, -0.2) is 0 Å². The highest BCUT2D eigenvalue weighted by Crippen LogP contribution is 2.15. The van der Waals surface area contributed by atoms with Crippen LogP contribution in [-0.2, 0) is 4.79 Å². The first kappa shape index (κ1) is 10.1. The van der Waals surface area contributed by atoms with Gasteiger partial charge in [0.15, 0.2) is 0 Å². The van der Waals surface area contributed by atoms with Crippen LogP contribution >= 0.6 is 11.8 Å². The van der Waals surface area contributed by atoms with E-state index in [1.54, 1.807) is 11.8 Å². The lowest BCUT2D eigenvalue weighted by atomic mass is 10.4. The normalized spacial score (nSPS) is 9.62. The fourth-order valence-corrected chi connectivity index (χ4v) is 1.66. The predicted molar refractivity (Wildman–Crippen MR) is 55.8 cm³/mol. The molecule has 0 aliphatic heterocycles. The first-order valence-electron chi connectivity index (χ1n) is 4.27. The van der Waals surface area contributed by atoms with Gasteiger partial charge in [0.2, 0.25) is 5.91 Å². The maximum absolute atomic E-state index is 11.1. The fourth-order valence-electron chi connectivity index (χ4n) is 0.914. The van der Waals surface area contributed by atoms with Crippen LogP contribution in [0.25, 0.3) is 0 Å². The van der Waals surface area contributed by atoms with Gasteiger partial charge in [-0.05, 0) is 19.1 Å². The Hall–Kier alpha value is -0.960. The topological polar surface area (TPSA) is 29.1 Å². The molecule has 3 heteroatoms. The van der Waals surface area contributed by atoms with Crippen molar-refractivity contribution in [3.05, 3.63) is 30.3 Å². The van der Waals surface area contributed by atoms with Gasteiger partial charge in [-0.1, -0.05) is 18.2 Å². The van der Waals surface area contributed by atoms with E-state index in [-0.39, 0.29) is 5.91 Å². The molecule has 0 unspecified atom stereocenters. The number of carbonyl (C=O) groups excluding carboxylic acids is 1. The zero-order valence-corrected chi connectivity index (χ0v) is 8.43. The molecule has 0 aliphatic rings. The van der Waals surface area contributed by atoms with Crippen LogP contribution in [0.1, 0.15) is 6.92 Å². The Morgan fingerprint density at radius 3 is 2.69 bits per heavy atom. The van der Waals surface area contributed by atoms with Crippen LogP contribution in [-0.4, -0.2) is 18.2 Å². The molecule has 0 bridgehead atoms. The first-order chi connectivity index (χ1) is 6.33. The van der Waals surface area contributed by atoms with Gasteiger partial charge in [0.05, 0.1) is 5.75 Å². The lowest BCUT2D eigenvalue weighted by molar-refractivity contribution is -0.118. The zero-order chi connectivity index (χ0) is 9.52. The van der Waals surface area contributed by atoms with Gasteiger partial charge in [0, 0.05) is 11.4 Å². The molecule has 0 fully saturated rings. The van der Waals surface area contributed by atoms with E-state index in [0.29, 0.717) is 12.3 Å². The summed E-state index contributed by atoms with van der Waals surface area (Å²) in [7, 11) is 0. The molecule has 0 radical (unpaired) electrons. The second-order valence-corrected chi connectivity index (χ2v) is 3.60. The van der Waals surface area contributed by atoms with Crippen LogP contribution in [0.3, 0.4) is 0 Å². The summed E-state index contributed by atoms with van der Waals surface area (Å²) in [6, 6.07) is 9.92. The summed E-state index contributed by atoms with van der Waals surface area (Å²) in [5.74, 6) is 0.592. The van der Waals surface area contributed by atoms with Crippen molar-refractivity contribution in [2.75, 3.05) is 12.3 Å². The Balaban J connectivity index is 2.31. The van der Waals surface area contributed by atoms with Crippen molar-refractivity contribution >= 4 is 17.7 Å². The summed E-state index contributed by atoms with van der Waals surface area (Å²) in [5.41, 5.74) is 0. The standard InChI is InChI=1S/C10H13NOS/c1-2-11-10(12)8-13-9-6-4-3-5-7-9/h3-7H,2,8H2,1H3,(H,11,12). The van der Waals surface area contributed by atoms with E-state index in [1.807, 2.05) is 37.3 Å². The molecule has 1 aromatic carbocycles. The van der Waals surface area contributed by atoms with Gasteiger partial charge in [-0.2, -0.15) is 0 Å². The molecule has 0 aromatic heterocycles. The van der Waals surface area contributed by atoms with Crippen molar-refractivity contribution in [2.45, 2.75) is 11.8 Å². The fraction of sp³-hybridized carbons (Fsp3) is 0.300. The van der Waals surface area contributed by atoms with Gasteiger partial charge >= 0.3 is 0 Å². The van der Waals surface area contributed by atoms with Gasteiger partial charge in [-0.3, -0.25) is 4.79 Å². The molecule has 0 heterocycles. The molecule has 0 saturated heterocycles. The van der Waals surface area contributed by atoms with Crippen LogP contribution in [0.15, 0.2) is 35.2 Å². The Bertz CT molecular complexity index is 261. The minimum absolute atomic E-state index is 0.0938. The van der Waals surface area contributed by atoms with Crippen molar-refractivity contribution in [3.63, 3.8) is 0 Å². The molecule has 1 rings (SSSR count). The van der Waals surface area contributed by atoms with Crippen LogP contribution in [0.5, 0.6) is 0 Å². The van der Waals surface area contributed by atoms with Crippen molar-refractivity contribution in [3.8, 4) is 0 Å². The molecular weight excluding hydrogens is 182 g/mol. The quantitative estimate of drug-likeness (QED) is 0.744. The third kappa shape index (κ3) is 3.99. The Labute approximate surface area is 82.7 Å². The number of amides is 1. The van der Waals surface area contributed by atoms with Crippen LogP contribution in [0, 0.1) is 0 Å². The van der Waals surface area contributed by atoms with Gasteiger partial charge in [0.25, 0.3) is 0 Å². The summed E-state index contributed by atoms with van der Waals surface area (Å²) in [5, 5.41) is 2.76. The summed E-state index contributed by atoms with van der Waals surface area (Å²) in [4.78, 5) is 12.2. The Kier molecular flexibility index (Phi) is 4.40. The average molecular weight is 195 g/mol. The highest BCUT2D eigenvalue weighted by molar-refractivity contribution is 8.00. The van der Waals surface area contributed by atoms with Crippen LogP contribution in [0.2, 0.25) is 0 Å². The van der Waals surface area contributed by atoms with Crippen molar-refractivity contribution in [1.29, 1.82) is 0 Å². The summed E-state index contributed by atoms with van der Waals surface area (Å²) >= 11 is 1.56. The number of thioether (sulfide) groups is 1. The second-order valence-electron chi connectivity index (χ2n) is 2.56. The molecule has 0 saturated carbocycles. The van der Waals surface area contributed by atoms with Crippen molar-refractivity contribution in [1.82, 2.24) is 5.32 Å². The summed E-state index contributed by atoms with van der Waals surface area (Å²) in [6.45, 7) is 2.62. The van der Waals surface area contributed by atoms with E-state index >= 15 is 0 Å². The minimum Gasteiger partial charge on any atom is -0.356 e. The first-order valence-corrected chi connectivity index (χ1v) is 5.26. The molecule has 70 valence electrons. The van der Waals surface area contributed by atoms with E-state index < -0.39 is 0 Å². The van der Waals surface area contributed by atoms with Crippen molar-refractivity contribution < 1.29 is 4.79 Å². The molecule has 0 aliphatic carbocycles. The van der Waals surface area contributed by atoms with E-state index in [4.69, 9.17) is 0 Å². The second kappa shape index (κ2) is 5.65. The predicted octanol–water partition coefficient (Wildman–Crippen LogP) is 1.91. The summed E-state index contributed by atoms with van der Waals surface area (Å²) in [6.07, 6.45) is 0. The van der Waals surface area contributed by atoms with Crippen LogP contribution < -0.4 is 5.32 Å². The third-order valence-electron chi connectivity index (χ3n) is 1.49. The monoisotopic (exact) mass is 195 g/mol. The molecular formula is C10H13NOS. The maximum Gasteiger partial charge on any atom is 0.230 e. The van der Waals surface area contributed by atoms with Crippen molar-refractivity contribution in [2.24, 2.45) is 0 Å². The smallest absolute Gasteiger partial charge is 0.230 e. The third-order valence-corrected chi connectivity index (χ3v) is 2.50. The highest BCUT2D eigenvalue weighted by Gasteiger charge is 1.99. The number of hydrogen-bond donors (Lipinski definition) is 1. The molecule has 0 atom stereocenters. The average Bonchev–Trinajstić information content (AvgIpc) is 2.17. The van der Waals surface area contributed by atoms with Gasteiger partial charge in [-0.15, -0.1) is 11.8 Å². The SMILES string of the molecule is CCNC(=O)CSc1ccccc1. The Morgan fingerprint density at radius 1 is 1.38 bits per heavy atom. The number of carbonyl (C=O) groups is 1. The van der Waals surface area contributed by atoms with Crippen LogP contribution in [0.4, 0.5) is 0 Å². The Morgan fingerprint density at radius 2 is 2.08 bits per heavy atom. The van der Waals surface area contributed by atoms with Gasteiger partial charge in [0.1, 0.15) is 0 Å². The minimum atomic E-state index is 0.0938. The number of rotatable bonds is 4. The molecule has 13 heavy (non-hydrogen) atoms. The lowest BCUT2D eigenvalue weighted by Gasteiger charge is -2.01. The maximum atomic E-state index is 11.1. The molecule has 1 N–H and O–H groups in total. The number of benzene rings is 1. The van der Waals surface area contributed by atoms with Gasteiger partial charge < -0.3 is 5.32 Å². The lowest BCUT2D eigenvalue weighted by Crippen LogP contribution is -2.24. The molecule has 2 nitrogen and oxygen atoms in total. The van der Waals surface area contributed by atoms with E-state index in [0.717, 1.165) is 4.90 Å². The molecule has 0 spiro atoms. The largest absolute Gasteiger partial charge is 0.356 e. The molecule has 1 aromatic rings. The number of hydrogen-bond acceptors (Lipinski definition) is 2.